The Morgan fingerprint density at radius 3 is 2.37 bits per heavy atom. The van der Waals surface area contributed by atoms with Gasteiger partial charge in [-0.05, 0) is 38.0 Å². The molecule has 0 aliphatic heterocycles. The minimum atomic E-state index is -0.745. The summed E-state index contributed by atoms with van der Waals surface area (Å²) in [5, 5.41) is 14.8. The highest BCUT2D eigenvalue weighted by Crippen LogP contribution is 2.21. The predicted octanol–water partition coefficient (Wildman–Crippen LogP) is 4.12. The summed E-state index contributed by atoms with van der Waals surface area (Å²) in [5.74, 6) is -0.639. The Hall–Kier alpha value is -2.93. The smallest absolute Gasteiger partial charge is 0.273 e. The summed E-state index contributed by atoms with van der Waals surface area (Å²) >= 11 is 5.94. The van der Waals surface area contributed by atoms with Gasteiger partial charge < -0.3 is 10.2 Å². The Morgan fingerprint density at radius 2 is 1.77 bits per heavy atom. The van der Waals surface area contributed by atoms with Gasteiger partial charge in [-0.1, -0.05) is 48.9 Å². The molecular weight excluding hydrogens is 406 g/mol. The van der Waals surface area contributed by atoms with Crippen LogP contribution in [0.2, 0.25) is 5.02 Å². The molecular formula is C22H26ClN3O4. The Bertz CT molecular complexity index is 902. The highest BCUT2D eigenvalue weighted by Gasteiger charge is 2.28. The van der Waals surface area contributed by atoms with E-state index >= 15 is 0 Å². The molecule has 0 heterocycles. The molecule has 0 spiro atoms. The minimum Gasteiger partial charge on any atom is -0.352 e. The van der Waals surface area contributed by atoms with Gasteiger partial charge in [0.1, 0.15) is 6.04 Å². The number of halogens is 1. The average molecular weight is 432 g/mol. The second-order valence-corrected chi connectivity index (χ2v) is 7.64. The number of nitro groups is 1. The molecule has 0 saturated heterocycles. The number of hydrogen-bond donors (Lipinski definition) is 1. The second-order valence-electron chi connectivity index (χ2n) is 7.20. The first-order valence-corrected chi connectivity index (χ1v) is 10.2. The zero-order valence-corrected chi connectivity index (χ0v) is 18.1. The molecule has 1 N–H and O–H groups in total. The van der Waals surface area contributed by atoms with E-state index in [2.05, 4.69) is 5.32 Å². The molecule has 2 rings (SSSR count). The van der Waals surface area contributed by atoms with Crippen molar-refractivity contribution in [3.63, 3.8) is 0 Å². The number of nitro benzene ring substituents is 1. The van der Waals surface area contributed by atoms with E-state index in [4.69, 9.17) is 11.6 Å². The number of nitrogens with zero attached hydrogens (tertiary/aromatic N) is 2. The molecule has 0 aliphatic carbocycles. The van der Waals surface area contributed by atoms with Crippen molar-refractivity contribution >= 4 is 29.1 Å². The molecule has 2 atom stereocenters. The summed E-state index contributed by atoms with van der Waals surface area (Å²) in [7, 11) is 0. The largest absolute Gasteiger partial charge is 0.352 e. The van der Waals surface area contributed by atoms with Crippen LogP contribution in [-0.2, 0) is 22.6 Å². The predicted molar refractivity (Wildman–Crippen MR) is 116 cm³/mol. The van der Waals surface area contributed by atoms with Gasteiger partial charge in [0, 0.05) is 29.2 Å². The van der Waals surface area contributed by atoms with Crippen LogP contribution in [0.25, 0.3) is 0 Å². The molecule has 0 aliphatic rings. The van der Waals surface area contributed by atoms with Gasteiger partial charge in [0.2, 0.25) is 11.8 Å². The fourth-order valence-corrected chi connectivity index (χ4v) is 3.06. The maximum Gasteiger partial charge on any atom is 0.273 e. The number of nitrogens with one attached hydrogen (secondary N) is 1. The van der Waals surface area contributed by atoms with Crippen LogP contribution in [0, 0.1) is 10.1 Å². The maximum absolute atomic E-state index is 13.2. The zero-order valence-electron chi connectivity index (χ0n) is 17.3. The quantitative estimate of drug-likeness (QED) is 0.477. The van der Waals surface area contributed by atoms with Crippen molar-refractivity contribution in [1.82, 2.24) is 10.2 Å². The normalized spacial score (nSPS) is 12.7. The molecule has 8 heteroatoms. The average Bonchev–Trinajstić information content (AvgIpc) is 2.72. The summed E-state index contributed by atoms with van der Waals surface area (Å²) in [6.45, 7) is 5.70. The van der Waals surface area contributed by atoms with E-state index in [0.29, 0.717) is 10.6 Å². The molecule has 7 nitrogen and oxygen atoms in total. The first kappa shape index (κ1) is 23.3. The van der Waals surface area contributed by atoms with E-state index < -0.39 is 11.0 Å². The Labute approximate surface area is 181 Å². The van der Waals surface area contributed by atoms with Gasteiger partial charge in [0.05, 0.1) is 11.3 Å². The van der Waals surface area contributed by atoms with Crippen molar-refractivity contribution in [2.24, 2.45) is 0 Å². The van der Waals surface area contributed by atoms with Crippen molar-refractivity contribution in [2.45, 2.75) is 52.2 Å². The minimum absolute atomic E-state index is 0.0253. The van der Waals surface area contributed by atoms with Crippen LogP contribution in [-0.4, -0.2) is 33.7 Å². The van der Waals surface area contributed by atoms with Crippen LogP contribution in [0.3, 0.4) is 0 Å². The lowest BCUT2D eigenvalue weighted by Crippen LogP contribution is -2.49. The maximum atomic E-state index is 13.2. The fourth-order valence-electron chi connectivity index (χ4n) is 2.94. The van der Waals surface area contributed by atoms with Crippen molar-refractivity contribution in [3.05, 3.63) is 74.8 Å². The molecule has 2 amide bonds. The lowest BCUT2D eigenvalue weighted by Gasteiger charge is -2.29. The topological polar surface area (TPSA) is 92.6 Å². The summed E-state index contributed by atoms with van der Waals surface area (Å²) in [6, 6.07) is 12.4. The third-order valence-corrected chi connectivity index (χ3v) is 5.22. The van der Waals surface area contributed by atoms with Gasteiger partial charge in [0.25, 0.3) is 5.69 Å². The van der Waals surface area contributed by atoms with Crippen LogP contribution in [0.4, 0.5) is 5.69 Å². The lowest BCUT2D eigenvalue weighted by molar-refractivity contribution is -0.385. The second kappa shape index (κ2) is 10.7. The van der Waals surface area contributed by atoms with Gasteiger partial charge >= 0.3 is 0 Å². The molecule has 0 saturated carbocycles. The Morgan fingerprint density at radius 1 is 1.13 bits per heavy atom. The van der Waals surface area contributed by atoms with Gasteiger partial charge in [-0.15, -0.1) is 0 Å². The summed E-state index contributed by atoms with van der Waals surface area (Å²) < 4.78 is 0. The zero-order chi connectivity index (χ0) is 22.3. The standard InChI is InChI=1S/C22H26ClN3O4/c1-4-15(2)24-22(28)16(3)25(14-17-9-11-19(23)12-10-17)21(27)13-18-7-5-6-8-20(18)26(29)30/h5-12,15-16H,4,13-14H2,1-3H3,(H,24,28)/t15-,16-/m1/s1. The van der Waals surface area contributed by atoms with Gasteiger partial charge in [0.15, 0.2) is 0 Å². The van der Waals surface area contributed by atoms with E-state index in [1.165, 1.54) is 11.0 Å². The van der Waals surface area contributed by atoms with Gasteiger partial charge in [-0.25, -0.2) is 0 Å². The first-order valence-electron chi connectivity index (χ1n) is 9.79. The summed E-state index contributed by atoms with van der Waals surface area (Å²) in [5.41, 5.74) is 0.996. The first-order chi connectivity index (χ1) is 14.2. The third kappa shape index (κ3) is 6.29. The fraction of sp³-hybridized carbons (Fsp3) is 0.364. The van der Waals surface area contributed by atoms with Crippen LogP contribution < -0.4 is 5.32 Å². The molecule has 0 unspecified atom stereocenters. The molecule has 0 fully saturated rings. The third-order valence-electron chi connectivity index (χ3n) is 4.96. The molecule has 160 valence electrons. The van der Waals surface area contributed by atoms with Crippen LogP contribution in [0.5, 0.6) is 0 Å². The van der Waals surface area contributed by atoms with E-state index in [1.807, 2.05) is 13.8 Å². The molecule has 2 aromatic rings. The monoisotopic (exact) mass is 431 g/mol. The van der Waals surface area contributed by atoms with Gasteiger partial charge in [-0.2, -0.15) is 0 Å². The van der Waals surface area contributed by atoms with Crippen LogP contribution >= 0.6 is 11.6 Å². The van der Waals surface area contributed by atoms with E-state index in [9.17, 15) is 19.7 Å². The van der Waals surface area contributed by atoms with Gasteiger partial charge in [-0.3, -0.25) is 19.7 Å². The number of amides is 2. The molecule has 30 heavy (non-hydrogen) atoms. The van der Waals surface area contributed by atoms with Crippen molar-refractivity contribution in [1.29, 1.82) is 0 Å². The highest BCUT2D eigenvalue weighted by molar-refractivity contribution is 6.30. The number of benzene rings is 2. The summed E-state index contributed by atoms with van der Waals surface area (Å²) in [6.07, 6.45) is 0.589. The molecule has 0 aromatic heterocycles. The number of para-hydroxylation sites is 1. The molecule has 0 radical (unpaired) electrons. The molecule has 0 bridgehead atoms. The number of hydrogen-bond acceptors (Lipinski definition) is 4. The van der Waals surface area contributed by atoms with Crippen LogP contribution in [0.1, 0.15) is 38.3 Å². The molecule has 2 aromatic carbocycles. The van der Waals surface area contributed by atoms with E-state index in [-0.39, 0.29) is 36.5 Å². The lowest BCUT2D eigenvalue weighted by atomic mass is 10.1. The number of carbonyl (C=O) groups is 2. The highest BCUT2D eigenvalue weighted by atomic mass is 35.5. The van der Waals surface area contributed by atoms with E-state index in [0.717, 1.165) is 12.0 Å². The Kier molecular flexibility index (Phi) is 8.35. The number of carbonyl (C=O) groups excluding carboxylic acids is 2. The summed E-state index contributed by atoms with van der Waals surface area (Å²) in [4.78, 5) is 38.1. The van der Waals surface area contributed by atoms with Crippen molar-refractivity contribution in [2.75, 3.05) is 0 Å². The Balaban J connectivity index is 2.29. The number of rotatable bonds is 9. The van der Waals surface area contributed by atoms with Crippen molar-refractivity contribution < 1.29 is 14.5 Å². The van der Waals surface area contributed by atoms with Crippen molar-refractivity contribution in [3.8, 4) is 0 Å². The van der Waals surface area contributed by atoms with E-state index in [1.54, 1.807) is 49.4 Å². The van der Waals surface area contributed by atoms with Crippen LogP contribution in [0.15, 0.2) is 48.5 Å². The SMILES string of the molecule is CC[C@@H](C)NC(=O)[C@@H](C)N(Cc1ccc(Cl)cc1)C(=O)Cc1ccccc1[N+](=O)[O-].